The molecule has 3 fully saturated rings. The molecular weight excluding hydrogens is 1620 g/mol. The topological polar surface area (TPSA) is 250 Å². The number of anilines is 4. The number of nitrogen functional groups attached to an aromatic ring is 1. The molecule has 0 aliphatic heterocycles. The highest BCUT2D eigenvalue weighted by Crippen LogP contribution is 2.48. The summed E-state index contributed by atoms with van der Waals surface area (Å²) in [5.74, 6) is 1.15. The molecule has 3 aliphatic rings. The largest absolute Gasteiger partial charge is 0.508 e. The van der Waals surface area contributed by atoms with Gasteiger partial charge in [-0.1, -0.05) is 60.7 Å². The maximum Gasteiger partial charge on any atom is 0.321 e. The molecule has 101 heavy (non-hydrogen) atoms. The van der Waals surface area contributed by atoms with Crippen LogP contribution in [0, 0.1) is 41.1 Å². The number of nitriles is 3. The van der Waals surface area contributed by atoms with Crippen molar-refractivity contribution in [2.24, 2.45) is 0 Å². The number of halogens is 4. The Kier molecular flexibility index (Phi) is 27.5. The number of ether oxygens (including phenoxy) is 1. The number of benzene rings is 7. The molecule has 3 saturated carbocycles. The second kappa shape index (κ2) is 36.5. The highest BCUT2D eigenvalue weighted by molar-refractivity contribution is 14.1. The van der Waals surface area contributed by atoms with Gasteiger partial charge in [0, 0.05) is 135 Å². The summed E-state index contributed by atoms with van der Waals surface area (Å²) in [7, 11) is 0. The molecule has 0 spiro atoms. The van der Waals surface area contributed by atoms with Crippen LogP contribution in [0.2, 0.25) is 5.28 Å². The molecule has 12 aromatic rings. The third kappa shape index (κ3) is 21.9. The van der Waals surface area contributed by atoms with Gasteiger partial charge in [-0.05, 0) is 269 Å². The second-order valence-electron chi connectivity index (χ2n) is 25.5. The molecule has 0 atom stereocenters. The van der Waals surface area contributed by atoms with Crippen molar-refractivity contribution in [3.63, 3.8) is 0 Å². The van der Waals surface area contributed by atoms with Gasteiger partial charge < -0.3 is 50.3 Å². The summed E-state index contributed by atoms with van der Waals surface area (Å²) in [4.78, 5) is 15.5. The molecule has 0 saturated heterocycles. The number of nitrogens with two attached hydrogens (primary N) is 1. The summed E-state index contributed by atoms with van der Waals surface area (Å²) < 4.78 is 15.8. The van der Waals surface area contributed by atoms with Gasteiger partial charge in [-0.2, -0.15) is 15.8 Å². The number of phenols is 2. The predicted molar refractivity (Wildman–Crippen MR) is 436 cm³/mol. The van der Waals surface area contributed by atoms with Gasteiger partial charge in [0.05, 0.1) is 44.6 Å². The Balaban J connectivity index is 0.000000150. The average molecular weight is 1700 g/mol. The molecular formula is C80H82ClI3N14O3. The number of nitrogens with one attached hydrogen (secondary N) is 3. The van der Waals surface area contributed by atoms with Crippen LogP contribution in [0.4, 0.5) is 22.7 Å². The fourth-order valence-corrected chi connectivity index (χ4v) is 11.9. The SMILES string of the molecule is CC(C)I.CC(C)Nc1ccc(-c2c(C#N)c3ccc(O)cc3n2C2CC2)cc1.CC(C)Nc1ccc(-c2c(C#N)c3ccc(Oc4ncccn4)cc3n2C2CC2)cc1.CC(C)Nc1ccc(I)cc1.Clc1ncccn1.N#Cc1cn(C2CC2)c2cc(O)ccc12.Nc1ccc(I)cc1. The van der Waals surface area contributed by atoms with Crippen LogP contribution in [0.15, 0.2) is 195 Å². The van der Waals surface area contributed by atoms with Crippen LogP contribution in [0.1, 0.15) is 129 Å². The van der Waals surface area contributed by atoms with Crippen molar-refractivity contribution in [1.82, 2.24) is 33.6 Å². The third-order valence-corrected chi connectivity index (χ3v) is 17.2. The molecule has 17 nitrogen and oxygen atoms in total. The van der Waals surface area contributed by atoms with E-state index in [9.17, 15) is 20.7 Å². The lowest BCUT2D eigenvalue weighted by atomic mass is 10.1. The van der Waals surface area contributed by atoms with Crippen LogP contribution in [-0.2, 0) is 0 Å². The van der Waals surface area contributed by atoms with Gasteiger partial charge in [-0.3, -0.25) is 0 Å². The number of phenolic OH excluding ortho intramolecular Hbond substituents is 2. The lowest BCUT2D eigenvalue weighted by molar-refractivity contribution is 0.442. The van der Waals surface area contributed by atoms with Crippen LogP contribution < -0.4 is 26.4 Å². The molecule has 7 N–H and O–H groups in total. The Morgan fingerprint density at radius 3 is 1.28 bits per heavy atom. The lowest BCUT2D eigenvalue weighted by Gasteiger charge is -2.13. The fourth-order valence-electron chi connectivity index (χ4n) is 11.0. The number of alkyl halides is 1. The van der Waals surface area contributed by atoms with Crippen molar-refractivity contribution in [1.29, 1.82) is 15.8 Å². The van der Waals surface area contributed by atoms with E-state index in [0.29, 0.717) is 70.0 Å². The van der Waals surface area contributed by atoms with E-state index in [-0.39, 0.29) is 11.5 Å². The van der Waals surface area contributed by atoms with Gasteiger partial charge in [0.15, 0.2) is 0 Å². The van der Waals surface area contributed by atoms with E-state index in [1.54, 1.807) is 61.2 Å². The minimum Gasteiger partial charge on any atom is -0.508 e. The van der Waals surface area contributed by atoms with E-state index < -0.39 is 0 Å². The van der Waals surface area contributed by atoms with E-state index in [4.69, 9.17) is 27.3 Å². The Morgan fingerprint density at radius 1 is 0.505 bits per heavy atom. The first-order valence-corrected chi connectivity index (χ1v) is 37.3. The minimum atomic E-state index is 0.236. The zero-order chi connectivity index (χ0) is 72.3. The number of rotatable bonds is 13. The summed E-state index contributed by atoms with van der Waals surface area (Å²) in [6.45, 7) is 17.0. The van der Waals surface area contributed by atoms with E-state index in [1.165, 1.54) is 25.7 Å². The minimum absolute atomic E-state index is 0.236. The third-order valence-electron chi connectivity index (χ3n) is 15.6. The molecule has 7 aromatic carbocycles. The molecule has 0 radical (unpaired) electrons. The van der Waals surface area contributed by atoms with Gasteiger partial charge in [-0.25, -0.2) is 19.9 Å². The van der Waals surface area contributed by atoms with Crippen molar-refractivity contribution in [2.75, 3.05) is 21.7 Å². The van der Waals surface area contributed by atoms with E-state index >= 15 is 0 Å². The molecule has 0 unspecified atom stereocenters. The molecule has 15 rings (SSSR count). The standard InChI is InChI=1S/C25H23N5O.C21H21N3O.C12H10N2O.C9H12IN.C6H6IN.C4H3ClN2.C3H7I/c1-16(2)29-18-6-4-17(5-7-18)24-22(15-26)21-11-10-20(31-25-27-12-3-13-28-25)14-23(21)30(24)19-8-9-19;1-13(2)23-15-5-3-14(4-6-15)21-19(12-22)18-10-9-17(25)11-20(18)24(21)16-7-8-16;13-6-8-7-14(9-1-2-9)12-5-10(15)3-4-11(8)12;1-7(2)11-9-5-3-8(10)4-6-9;7-5-1-3-6(8)4-2-5;5-4-6-2-1-3-7-4;1-3(2)4/h3-7,10-14,16,19,29H,8-9H2,1-2H3;3-6,9-11,13,16,23,25H,7-8H2,1-2H3;3-5,7,9,15H,1-2H2;3-7,11H,1-2H3;1-4H,8H2;1-3H;3H,1-2H3. The molecule has 3 aliphatic carbocycles. The van der Waals surface area contributed by atoms with Gasteiger partial charge in [-0.15, -0.1) is 0 Å². The predicted octanol–water partition coefficient (Wildman–Crippen LogP) is 21.5. The Morgan fingerprint density at radius 2 is 0.891 bits per heavy atom. The zero-order valence-electron chi connectivity index (χ0n) is 57.6. The van der Waals surface area contributed by atoms with Crippen LogP contribution in [0.3, 0.4) is 0 Å². The zero-order valence-corrected chi connectivity index (χ0v) is 64.9. The summed E-state index contributed by atoms with van der Waals surface area (Å²) in [5.41, 5.74) is 18.6. The fraction of sp³-hybridized carbons (Fsp3) is 0.263. The van der Waals surface area contributed by atoms with Crippen molar-refractivity contribution in [2.45, 2.75) is 134 Å². The number of aromatic nitrogens is 7. The second-order valence-corrected chi connectivity index (χ2v) is 30.8. The van der Waals surface area contributed by atoms with E-state index in [1.807, 2.05) is 60.8 Å². The van der Waals surface area contributed by atoms with Gasteiger partial charge in [0.1, 0.15) is 35.5 Å². The maximum absolute atomic E-state index is 10.0. The molecule has 518 valence electrons. The smallest absolute Gasteiger partial charge is 0.321 e. The van der Waals surface area contributed by atoms with Crippen molar-refractivity contribution < 1.29 is 14.9 Å². The van der Waals surface area contributed by atoms with Gasteiger partial charge >= 0.3 is 6.01 Å². The molecule has 0 bridgehead atoms. The highest BCUT2D eigenvalue weighted by Gasteiger charge is 2.33. The van der Waals surface area contributed by atoms with E-state index in [0.717, 1.165) is 102 Å². The van der Waals surface area contributed by atoms with Crippen molar-refractivity contribution in [3.8, 4) is 64.0 Å². The van der Waals surface area contributed by atoms with Crippen LogP contribution in [-0.4, -0.2) is 65.9 Å². The highest BCUT2D eigenvalue weighted by atomic mass is 127. The molecule has 5 aromatic heterocycles. The summed E-state index contributed by atoms with van der Waals surface area (Å²) in [5, 5.41) is 61.4. The molecule has 5 heterocycles. The summed E-state index contributed by atoms with van der Waals surface area (Å²) in [6, 6.07) is 62.4. The number of hydrogen-bond donors (Lipinski definition) is 6. The number of nitrogens with zero attached hydrogens (tertiary/aromatic N) is 10. The Labute approximate surface area is 637 Å². The maximum atomic E-state index is 10.0. The lowest BCUT2D eigenvalue weighted by Crippen LogP contribution is -2.09. The van der Waals surface area contributed by atoms with Crippen molar-refractivity contribution >= 4 is 135 Å². The number of hydrogen-bond acceptors (Lipinski definition) is 14. The molecule has 21 heteroatoms. The molecule has 0 amide bonds. The van der Waals surface area contributed by atoms with Crippen LogP contribution in [0.25, 0.3) is 55.2 Å². The van der Waals surface area contributed by atoms with Crippen molar-refractivity contribution in [3.05, 3.63) is 224 Å². The van der Waals surface area contributed by atoms with Crippen LogP contribution in [0.5, 0.6) is 23.3 Å². The number of fused-ring (bicyclic) bond motifs is 3. The summed E-state index contributed by atoms with van der Waals surface area (Å²) >= 11 is 12.2. The summed E-state index contributed by atoms with van der Waals surface area (Å²) in [6.07, 6.45) is 15.2. The quantitative estimate of drug-likeness (QED) is 0.0272. The first kappa shape index (κ1) is 76.1. The Hall–Kier alpha value is -9.13. The first-order chi connectivity index (χ1) is 48.6. The monoisotopic (exact) mass is 1700 g/mol. The normalized spacial score (nSPS) is 12.6. The first-order valence-electron chi connectivity index (χ1n) is 33.5. The van der Waals surface area contributed by atoms with Crippen LogP contribution >= 0.6 is 79.4 Å². The van der Waals surface area contributed by atoms with Gasteiger partial charge in [0.25, 0.3) is 0 Å². The van der Waals surface area contributed by atoms with Gasteiger partial charge in [0.2, 0.25) is 5.28 Å². The number of aromatic hydroxyl groups is 2. The average Bonchev–Trinajstić information content (AvgIpc) is 1.63. The Bertz CT molecular complexity index is 4780. The van der Waals surface area contributed by atoms with E-state index in [2.05, 4.69) is 264 Å².